The van der Waals surface area contributed by atoms with Gasteiger partial charge in [-0.05, 0) is 31.6 Å². The molecule has 5 nitrogen and oxygen atoms in total. The molecule has 0 radical (unpaired) electrons. The fraction of sp³-hybridized carbons (Fsp3) is 0.833. The highest BCUT2D eigenvalue weighted by atomic mass is 16.5. The van der Waals surface area contributed by atoms with E-state index in [4.69, 9.17) is 9.84 Å². The third-order valence-corrected chi connectivity index (χ3v) is 3.91. The second-order valence-electron chi connectivity index (χ2n) is 5.11. The first-order chi connectivity index (χ1) is 8.05. The number of carbonyl (C=O) groups is 2. The molecule has 17 heavy (non-hydrogen) atoms. The molecule has 1 heterocycles. The highest BCUT2D eigenvalue weighted by Crippen LogP contribution is 2.36. The molecular formula is C12H19NO4. The van der Waals surface area contributed by atoms with Gasteiger partial charge in [0.2, 0.25) is 5.91 Å². The van der Waals surface area contributed by atoms with Gasteiger partial charge >= 0.3 is 5.97 Å². The lowest BCUT2D eigenvalue weighted by Gasteiger charge is -2.28. The summed E-state index contributed by atoms with van der Waals surface area (Å²) < 4.78 is 5.26. The molecule has 0 bridgehead atoms. The Labute approximate surface area is 101 Å². The molecule has 1 amide bonds. The summed E-state index contributed by atoms with van der Waals surface area (Å²) in [7, 11) is 0. The lowest BCUT2D eigenvalue weighted by Crippen LogP contribution is -2.47. The SMILES string of the molecule is CC(C(=O)NC1(C(=O)O)CC1)C1CCOCC1. The van der Waals surface area contributed by atoms with Crippen LogP contribution in [0.5, 0.6) is 0 Å². The number of ether oxygens (including phenoxy) is 1. The first kappa shape index (κ1) is 12.4. The van der Waals surface area contributed by atoms with E-state index in [0.29, 0.717) is 32.0 Å². The number of hydrogen-bond acceptors (Lipinski definition) is 3. The zero-order valence-electron chi connectivity index (χ0n) is 10.1. The average molecular weight is 241 g/mol. The van der Waals surface area contributed by atoms with Crippen LogP contribution < -0.4 is 5.32 Å². The largest absolute Gasteiger partial charge is 0.480 e. The summed E-state index contributed by atoms with van der Waals surface area (Å²) in [6.07, 6.45) is 2.87. The van der Waals surface area contributed by atoms with E-state index in [1.54, 1.807) is 0 Å². The summed E-state index contributed by atoms with van der Waals surface area (Å²) in [5.41, 5.74) is -0.962. The van der Waals surface area contributed by atoms with Gasteiger partial charge in [-0.3, -0.25) is 4.79 Å². The summed E-state index contributed by atoms with van der Waals surface area (Å²) in [5, 5.41) is 11.7. The first-order valence-electron chi connectivity index (χ1n) is 6.18. The zero-order valence-corrected chi connectivity index (χ0v) is 10.1. The molecule has 1 aliphatic carbocycles. The second kappa shape index (κ2) is 4.64. The van der Waals surface area contributed by atoms with Gasteiger partial charge in [0, 0.05) is 19.1 Å². The summed E-state index contributed by atoms with van der Waals surface area (Å²) in [6, 6.07) is 0. The van der Waals surface area contributed by atoms with Gasteiger partial charge in [0.25, 0.3) is 0 Å². The fourth-order valence-corrected chi connectivity index (χ4v) is 2.30. The van der Waals surface area contributed by atoms with Crippen molar-refractivity contribution in [1.29, 1.82) is 0 Å². The van der Waals surface area contributed by atoms with E-state index < -0.39 is 11.5 Å². The Morgan fingerprint density at radius 2 is 1.94 bits per heavy atom. The minimum Gasteiger partial charge on any atom is -0.480 e. The third-order valence-electron chi connectivity index (χ3n) is 3.91. The molecule has 2 fully saturated rings. The Hall–Kier alpha value is -1.10. The van der Waals surface area contributed by atoms with Gasteiger partial charge in [-0.15, -0.1) is 0 Å². The van der Waals surface area contributed by atoms with Crippen molar-refractivity contribution in [3.63, 3.8) is 0 Å². The highest BCUT2D eigenvalue weighted by molar-refractivity contribution is 5.90. The standard InChI is InChI=1S/C12H19NO4/c1-8(9-2-6-17-7-3-9)10(14)13-12(4-5-12)11(15)16/h8-9H,2-7H2,1H3,(H,13,14)(H,15,16). The Morgan fingerprint density at radius 1 is 1.35 bits per heavy atom. The van der Waals surface area contributed by atoms with Gasteiger partial charge in [-0.1, -0.05) is 6.92 Å². The summed E-state index contributed by atoms with van der Waals surface area (Å²) in [5.74, 6) is -0.856. The molecule has 5 heteroatoms. The normalized spacial score (nSPS) is 25.0. The van der Waals surface area contributed by atoms with Crippen molar-refractivity contribution < 1.29 is 19.4 Å². The molecule has 2 N–H and O–H groups in total. The Morgan fingerprint density at radius 3 is 2.41 bits per heavy atom. The fourth-order valence-electron chi connectivity index (χ4n) is 2.30. The summed E-state index contributed by atoms with van der Waals surface area (Å²) in [4.78, 5) is 23.0. The van der Waals surface area contributed by atoms with Gasteiger partial charge < -0.3 is 15.2 Å². The maximum absolute atomic E-state index is 12.0. The predicted octanol–water partition coefficient (Wildman–Crippen LogP) is 0.782. The number of rotatable bonds is 4. The lowest BCUT2D eigenvalue weighted by atomic mass is 9.86. The number of aliphatic carboxylic acids is 1. The molecule has 2 rings (SSSR count). The molecule has 0 aromatic heterocycles. The Kier molecular flexibility index (Phi) is 3.38. The number of carbonyl (C=O) groups excluding carboxylic acids is 1. The molecule has 2 aliphatic rings. The topological polar surface area (TPSA) is 75.6 Å². The third kappa shape index (κ3) is 2.60. The van der Waals surface area contributed by atoms with E-state index in [1.807, 2.05) is 6.92 Å². The summed E-state index contributed by atoms with van der Waals surface area (Å²) in [6.45, 7) is 3.28. The van der Waals surface area contributed by atoms with Gasteiger partial charge in [0.15, 0.2) is 0 Å². The van der Waals surface area contributed by atoms with Crippen LogP contribution in [0.15, 0.2) is 0 Å². The van der Waals surface area contributed by atoms with E-state index in [1.165, 1.54) is 0 Å². The van der Waals surface area contributed by atoms with Crippen LogP contribution in [0.4, 0.5) is 0 Å². The van der Waals surface area contributed by atoms with Crippen molar-refractivity contribution >= 4 is 11.9 Å². The molecule has 1 saturated heterocycles. The van der Waals surface area contributed by atoms with E-state index >= 15 is 0 Å². The van der Waals surface area contributed by atoms with Gasteiger partial charge in [-0.2, -0.15) is 0 Å². The van der Waals surface area contributed by atoms with E-state index in [-0.39, 0.29) is 11.8 Å². The van der Waals surface area contributed by atoms with Crippen LogP contribution in [0.25, 0.3) is 0 Å². The van der Waals surface area contributed by atoms with Crippen molar-refractivity contribution in [3.8, 4) is 0 Å². The van der Waals surface area contributed by atoms with Gasteiger partial charge in [-0.25, -0.2) is 4.79 Å². The van der Waals surface area contributed by atoms with Crippen molar-refractivity contribution in [2.45, 2.75) is 38.1 Å². The van der Waals surface area contributed by atoms with Crippen LogP contribution in [0.2, 0.25) is 0 Å². The van der Waals surface area contributed by atoms with Crippen LogP contribution in [-0.4, -0.2) is 35.7 Å². The molecule has 0 aromatic carbocycles. The van der Waals surface area contributed by atoms with E-state index in [0.717, 1.165) is 12.8 Å². The maximum atomic E-state index is 12.0. The second-order valence-corrected chi connectivity index (χ2v) is 5.11. The van der Waals surface area contributed by atoms with E-state index in [9.17, 15) is 9.59 Å². The van der Waals surface area contributed by atoms with Crippen molar-refractivity contribution in [2.24, 2.45) is 11.8 Å². The van der Waals surface area contributed by atoms with Crippen LogP contribution in [0.1, 0.15) is 32.6 Å². The molecule has 1 saturated carbocycles. The van der Waals surface area contributed by atoms with Crippen molar-refractivity contribution in [3.05, 3.63) is 0 Å². The van der Waals surface area contributed by atoms with Crippen molar-refractivity contribution in [2.75, 3.05) is 13.2 Å². The van der Waals surface area contributed by atoms with Crippen LogP contribution >= 0.6 is 0 Å². The van der Waals surface area contributed by atoms with Crippen LogP contribution in [0.3, 0.4) is 0 Å². The smallest absolute Gasteiger partial charge is 0.329 e. The highest BCUT2D eigenvalue weighted by Gasteiger charge is 2.52. The number of carboxylic acids is 1. The predicted molar refractivity (Wildman–Crippen MR) is 60.5 cm³/mol. The monoisotopic (exact) mass is 241 g/mol. The summed E-state index contributed by atoms with van der Waals surface area (Å²) >= 11 is 0. The lowest BCUT2D eigenvalue weighted by molar-refractivity contribution is -0.144. The number of nitrogens with one attached hydrogen (secondary N) is 1. The Bertz CT molecular complexity index is 318. The van der Waals surface area contributed by atoms with Crippen LogP contribution in [-0.2, 0) is 14.3 Å². The number of hydrogen-bond donors (Lipinski definition) is 2. The quantitative estimate of drug-likeness (QED) is 0.762. The molecule has 1 atom stereocenters. The minimum atomic E-state index is -0.962. The molecular weight excluding hydrogens is 222 g/mol. The average Bonchev–Trinajstić information content (AvgIpc) is 3.10. The van der Waals surface area contributed by atoms with Gasteiger partial charge in [0.1, 0.15) is 5.54 Å². The number of carboxylic acid groups (broad SMARTS) is 1. The first-order valence-corrected chi connectivity index (χ1v) is 6.18. The van der Waals surface area contributed by atoms with Crippen molar-refractivity contribution in [1.82, 2.24) is 5.32 Å². The van der Waals surface area contributed by atoms with Gasteiger partial charge in [0.05, 0.1) is 0 Å². The maximum Gasteiger partial charge on any atom is 0.329 e. The molecule has 96 valence electrons. The molecule has 0 aromatic rings. The molecule has 1 unspecified atom stereocenters. The Balaban J connectivity index is 1.89. The minimum absolute atomic E-state index is 0.128. The zero-order chi connectivity index (χ0) is 12.5. The molecule has 1 aliphatic heterocycles. The van der Waals surface area contributed by atoms with E-state index in [2.05, 4.69) is 5.32 Å². The van der Waals surface area contributed by atoms with Crippen LogP contribution in [0, 0.1) is 11.8 Å². The number of amides is 1. The molecule has 0 spiro atoms.